The van der Waals surface area contributed by atoms with Crippen LogP contribution in [0.4, 0.5) is 0 Å². The Kier molecular flexibility index (Phi) is 7.92. The van der Waals surface area contributed by atoms with Crippen LogP contribution in [0.15, 0.2) is 4.99 Å². The molecule has 1 atom stereocenters. The molecule has 1 aliphatic heterocycles. The lowest BCUT2D eigenvalue weighted by molar-refractivity contribution is -0.135. The van der Waals surface area contributed by atoms with Crippen molar-refractivity contribution in [1.29, 1.82) is 0 Å². The van der Waals surface area contributed by atoms with Gasteiger partial charge < -0.3 is 20.9 Å². The highest BCUT2D eigenvalue weighted by Crippen LogP contribution is 2.26. The lowest BCUT2D eigenvalue weighted by Gasteiger charge is -2.26. The number of nitrogens with one attached hydrogen (secondary N) is 3. The zero-order valence-electron chi connectivity index (χ0n) is 17.4. The SMILES string of the molecule is CCNC(=NCC(C)(C)C(=O)NC)NC1CCN(C(=O)C2CCCCC2)C1. The van der Waals surface area contributed by atoms with Gasteiger partial charge in [0.05, 0.1) is 12.0 Å². The maximum Gasteiger partial charge on any atom is 0.227 e. The molecule has 1 heterocycles. The third-order valence-corrected chi connectivity index (χ3v) is 5.61. The summed E-state index contributed by atoms with van der Waals surface area (Å²) in [5.74, 6) is 1.26. The number of hydrogen-bond donors (Lipinski definition) is 3. The van der Waals surface area contributed by atoms with Gasteiger partial charge in [-0.3, -0.25) is 14.6 Å². The fraction of sp³-hybridized carbons (Fsp3) is 0.850. The molecule has 0 aromatic rings. The number of likely N-dealkylation sites (tertiary alicyclic amines) is 1. The molecule has 2 aliphatic rings. The zero-order chi connectivity index (χ0) is 19.9. The average Bonchev–Trinajstić information content (AvgIpc) is 3.14. The first kappa shape index (κ1) is 21.5. The molecule has 1 saturated heterocycles. The van der Waals surface area contributed by atoms with Gasteiger partial charge in [-0.2, -0.15) is 0 Å². The van der Waals surface area contributed by atoms with Crippen molar-refractivity contribution in [3.05, 3.63) is 0 Å². The Morgan fingerprint density at radius 2 is 1.85 bits per heavy atom. The highest BCUT2D eigenvalue weighted by molar-refractivity contribution is 5.84. The predicted octanol–water partition coefficient (Wildman–Crippen LogP) is 1.49. The quantitative estimate of drug-likeness (QED) is 0.482. The minimum atomic E-state index is -0.560. The molecule has 0 aromatic carbocycles. The molecule has 2 amide bonds. The molecular weight excluding hydrogens is 342 g/mol. The second-order valence-electron chi connectivity index (χ2n) is 8.41. The number of hydrogen-bond acceptors (Lipinski definition) is 3. The summed E-state index contributed by atoms with van der Waals surface area (Å²) >= 11 is 0. The fourth-order valence-corrected chi connectivity index (χ4v) is 3.89. The van der Waals surface area contributed by atoms with Crippen LogP contribution in [0, 0.1) is 11.3 Å². The van der Waals surface area contributed by atoms with E-state index in [4.69, 9.17) is 0 Å². The molecule has 1 unspecified atom stereocenters. The van der Waals surface area contributed by atoms with Crippen molar-refractivity contribution in [3.63, 3.8) is 0 Å². The van der Waals surface area contributed by atoms with Crippen LogP contribution in [0.5, 0.6) is 0 Å². The van der Waals surface area contributed by atoms with Gasteiger partial charge in [-0.25, -0.2) is 0 Å². The number of nitrogens with zero attached hydrogens (tertiary/aromatic N) is 2. The Morgan fingerprint density at radius 1 is 1.15 bits per heavy atom. The fourth-order valence-electron chi connectivity index (χ4n) is 3.89. The van der Waals surface area contributed by atoms with Crippen LogP contribution in [0.3, 0.4) is 0 Å². The number of guanidine groups is 1. The van der Waals surface area contributed by atoms with Crippen molar-refractivity contribution < 1.29 is 9.59 Å². The monoisotopic (exact) mass is 379 g/mol. The molecular formula is C20H37N5O2. The van der Waals surface area contributed by atoms with E-state index in [9.17, 15) is 9.59 Å². The standard InChI is InChI=1S/C20H37N5O2/c1-5-22-19(23-14-20(2,3)18(27)21-4)24-16-11-12-25(13-16)17(26)15-9-7-6-8-10-15/h15-16H,5-14H2,1-4H3,(H,21,27)(H2,22,23,24). The molecule has 0 aromatic heterocycles. The number of aliphatic imine (C=N–C) groups is 1. The van der Waals surface area contributed by atoms with Gasteiger partial charge in [0, 0.05) is 38.6 Å². The van der Waals surface area contributed by atoms with Gasteiger partial charge in [-0.15, -0.1) is 0 Å². The molecule has 2 fully saturated rings. The largest absolute Gasteiger partial charge is 0.359 e. The molecule has 2 rings (SSSR count). The summed E-state index contributed by atoms with van der Waals surface area (Å²) < 4.78 is 0. The van der Waals surface area contributed by atoms with E-state index >= 15 is 0 Å². The first-order valence-corrected chi connectivity index (χ1v) is 10.4. The summed E-state index contributed by atoms with van der Waals surface area (Å²) in [5, 5.41) is 9.39. The average molecular weight is 380 g/mol. The number of carbonyl (C=O) groups excluding carboxylic acids is 2. The minimum absolute atomic E-state index is 0.0211. The van der Waals surface area contributed by atoms with Crippen molar-refractivity contribution in [2.24, 2.45) is 16.3 Å². The second-order valence-corrected chi connectivity index (χ2v) is 8.41. The molecule has 7 nitrogen and oxygen atoms in total. The molecule has 0 radical (unpaired) electrons. The zero-order valence-corrected chi connectivity index (χ0v) is 17.4. The highest BCUT2D eigenvalue weighted by Gasteiger charge is 2.32. The van der Waals surface area contributed by atoms with Gasteiger partial charge in [0.15, 0.2) is 5.96 Å². The molecule has 3 N–H and O–H groups in total. The lowest BCUT2D eigenvalue weighted by atomic mass is 9.88. The van der Waals surface area contributed by atoms with E-state index in [-0.39, 0.29) is 17.9 Å². The first-order chi connectivity index (χ1) is 12.9. The van der Waals surface area contributed by atoms with Crippen LogP contribution in [0.25, 0.3) is 0 Å². The van der Waals surface area contributed by atoms with Crippen LogP contribution in [-0.4, -0.2) is 61.9 Å². The third kappa shape index (κ3) is 6.11. The summed E-state index contributed by atoms with van der Waals surface area (Å²) in [6.07, 6.45) is 6.66. The van der Waals surface area contributed by atoms with Gasteiger partial charge in [-0.1, -0.05) is 19.3 Å². The Labute approximate surface area is 163 Å². The number of carbonyl (C=O) groups is 2. The van der Waals surface area contributed by atoms with E-state index in [1.165, 1.54) is 19.3 Å². The van der Waals surface area contributed by atoms with E-state index < -0.39 is 5.41 Å². The lowest BCUT2D eigenvalue weighted by Crippen LogP contribution is -2.46. The van der Waals surface area contributed by atoms with Gasteiger partial charge in [0.2, 0.25) is 11.8 Å². The molecule has 1 saturated carbocycles. The Bertz CT molecular complexity index is 540. The maximum absolute atomic E-state index is 12.7. The molecule has 7 heteroatoms. The van der Waals surface area contributed by atoms with Crippen molar-refractivity contribution in [2.45, 2.75) is 65.3 Å². The predicted molar refractivity (Wildman–Crippen MR) is 109 cm³/mol. The highest BCUT2D eigenvalue weighted by atomic mass is 16.2. The Hall–Kier alpha value is -1.79. The molecule has 0 spiro atoms. The van der Waals surface area contributed by atoms with Crippen LogP contribution in [-0.2, 0) is 9.59 Å². The summed E-state index contributed by atoms with van der Waals surface area (Å²) in [7, 11) is 1.65. The van der Waals surface area contributed by atoms with Crippen molar-refractivity contribution in [2.75, 3.05) is 33.2 Å². The number of amides is 2. The van der Waals surface area contributed by atoms with Crippen molar-refractivity contribution in [1.82, 2.24) is 20.9 Å². The van der Waals surface area contributed by atoms with E-state index in [1.807, 2.05) is 25.7 Å². The van der Waals surface area contributed by atoms with E-state index in [1.54, 1.807) is 7.05 Å². The molecule has 154 valence electrons. The maximum atomic E-state index is 12.7. The number of rotatable bonds is 6. The summed E-state index contributed by atoms with van der Waals surface area (Å²) in [6, 6.07) is 0.207. The van der Waals surface area contributed by atoms with Crippen molar-refractivity contribution >= 4 is 17.8 Å². The van der Waals surface area contributed by atoms with Gasteiger partial charge in [0.1, 0.15) is 0 Å². The Morgan fingerprint density at radius 3 is 2.48 bits per heavy atom. The smallest absolute Gasteiger partial charge is 0.227 e. The van der Waals surface area contributed by atoms with Crippen LogP contribution in [0.2, 0.25) is 0 Å². The summed E-state index contributed by atoms with van der Waals surface area (Å²) in [5.41, 5.74) is -0.560. The molecule has 0 bridgehead atoms. The summed E-state index contributed by atoms with van der Waals surface area (Å²) in [6.45, 7) is 8.50. The molecule has 27 heavy (non-hydrogen) atoms. The third-order valence-electron chi connectivity index (χ3n) is 5.61. The molecule has 1 aliphatic carbocycles. The Balaban J connectivity index is 1.90. The van der Waals surface area contributed by atoms with E-state index in [0.717, 1.165) is 38.9 Å². The second kappa shape index (κ2) is 9.95. The van der Waals surface area contributed by atoms with E-state index in [0.29, 0.717) is 18.4 Å². The van der Waals surface area contributed by atoms with Crippen LogP contribution >= 0.6 is 0 Å². The topological polar surface area (TPSA) is 85.8 Å². The van der Waals surface area contributed by atoms with Crippen molar-refractivity contribution in [3.8, 4) is 0 Å². The summed E-state index contributed by atoms with van der Waals surface area (Å²) in [4.78, 5) is 31.3. The normalized spacial score (nSPS) is 21.9. The minimum Gasteiger partial charge on any atom is -0.359 e. The van der Waals surface area contributed by atoms with Crippen LogP contribution < -0.4 is 16.0 Å². The van der Waals surface area contributed by atoms with Gasteiger partial charge >= 0.3 is 0 Å². The first-order valence-electron chi connectivity index (χ1n) is 10.4. The van der Waals surface area contributed by atoms with Crippen LogP contribution in [0.1, 0.15) is 59.3 Å². The van der Waals surface area contributed by atoms with Gasteiger partial charge in [-0.05, 0) is 40.0 Å². The van der Waals surface area contributed by atoms with Gasteiger partial charge in [0.25, 0.3) is 0 Å². The van der Waals surface area contributed by atoms with E-state index in [2.05, 4.69) is 20.9 Å².